The fourth-order valence-corrected chi connectivity index (χ4v) is 2.65. The van der Waals surface area contributed by atoms with E-state index >= 15 is 0 Å². The molecule has 1 unspecified atom stereocenters. The molecule has 0 aliphatic carbocycles. The molecular weight excluding hydrogens is 332 g/mol. The average molecular weight is 359 g/mol. The summed E-state index contributed by atoms with van der Waals surface area (Å²) >= 11 is 0. The van der Waals surface area contributed by atoms with Crippen LogP contribution in [-0.4, -0.2) is 61.0 Å². The summed E-state index contributed by atoms with van der Waals surface area (Å²) in [7, 11) is 1.67. The van der Waals surface area contributed by atoms with Gasteiger partial charge in [0.25, 0.3) is 5.91 Å². The van der Waals surface area contributed by atoms with Crippen LogP contribution in [0.2, 0.25) is 0 Å². The molecule has 1 heterocycles. The van der Waals surface area contributed by atoms with Crippen molar-refractivity contribution in [3.8, 4) is 0 Å². The number of ether oxygens (including phenoxy) is 2. The van der Waals surface area contributed by atoms with Gasteiger partial charge in [-0.25, -0.2) is 0 Å². The van der Waals surface area contributed by atoms with Crippen molar-refractivity contribution < 1.29 is 19.4 Å². The summed E-state index contributed by atoms with van der Waals surface area (Å²) in [4.78, 5) is 13.7. The number of hydrogen-bond acceptors (Lipinski definition) is 5. The number of aliphatic hydroxyl groups excluding tert-OH is 1. The summed E-state index contributed by atoms with van der Waals surface area (Å²) in [6.45, 7) is 1.28. The lowest BCUT2D eigenvalue weighted by atomic mass is 10.2. The van der Waals surface area contributed by atoms with Crippen LogP contribution in [0, 0.1) is 0 Å². The maximum Gasteiger partial charge on any atom is 0.251 e. The van der Waals surface area contributed by atoms with Crippen LogP contribution in [0.25, 0.3) is 0 Å². The minimum absolute atomic E-state index is 0. The highest BCUT2D eigenvalue weighted by Crippen LogP contribution is 2.20. The van der Waals surface area contributed by atoms with E-state index in [4.69, 9.17) is 15.2 Å². The fourth-order valence-electron chi connectivity index (χ4n) is 2.65. The number of rotatable bonds is 8. The van der Waals surface area contributed by atoms with Crippen molar-refractivity contribution in [2.24, 2.45) is 5.73 Å². The van der Waals surface area contributed by atoms with E-state index < -0.39 is 12.2 Å². The van der Waals surface area contributed by atoms with Gasteiger partial charge in [-0.05, 0) is 18.4 Å². The highest BCUT2D eigenvalue weighted by molar-refractivity contribution is 5.85. The lowest BCUT2D eigenvalue weighted by Crippen LogP contribution is -2.42. The summed E-state index contributed by atoms with van der Waals surface area (Å²) in [6.07, 6.45) is 0.302. The zero-order valence-electron chi connectivity index (χ0n) is 14.0. The Morgan fingerprint density at radius 3 is 2.75 bits per heavy atom. The second kappa shape index (κ2) is 10.6. The minimum Gasteiger partial charge on any atom is -0.389 e. The van der Waals surface area contributed by atoms with E-state index in [9.17, 15) is 9.90 Å². The summed E-state index contributed by atoms with van der Waals surface area (Å²) < 4.78 is 11.1. The predicted octanol–water partition coefficient (Wildman–Crippen LogP) is 0.951. The summed E-state index contributed by atoms with van der Waals surface area (Å²) in [5.74, 6) is -0.108. The van der Waals surface area contributed by atoms with Gasteiger partial charge in [0.2, 0.25) is 0 Å². The molecule has 1 amide bonds. The first-order valence-corrected chi connectivity index (χ1v) is 8.00. The molecule has 1 aliphatic heterocycles. The van der Waals surface area contributed by atoms with E-state index in [1.54, 1.807) is 7.05 Å². The van der Waals surface area contributed by atoms with Crippen molar-refractivity contribution in [2.45, 2.75) is 37.8 Å². The van der Waals surface area contributed by atoms with Crippen LogP contribution in [0.5, 0.6) is 0 Å². The Labute approximate surface area is 149 Å². The van der Waals surface area contributed by atoms with Gasteiger partial charge in [-0.3, -0.25) is 4.79 Å². The molecule has 3 atom stereocenters. The Bertz CT molecular complexity index is 489. The van der Waals surface area contributed by atoms with Gasteiger partial charge in [0, 0.05) is 20.1 Å². The molecule has 7 heteroatoms. The number of aliphatic hydroxyl groups is 1. The van der Waals surface area contributed by atoms with Crippen LogP contribution in [0.15, 0.2) is 30.3 Å². The van der Waals surface area contributed by atoms with E-state index in [0.717, 1.165) is 12.0 Å². The van der Waals surface area contributed by atoms with Gasteiger partial charge in [-0.2, -0.15) is 0 Å². The number of halogens is 1. The monoisotopic (exact) mass is 358 g/mol. The number of carbonyl (C=O) groups is 1. The Kier molecular flexibility index (Phi) is 9.25. The molecule has 0 radical (unpaired) electrons. The smallest absolute Gasteiger partial charge is 0.251 e. The number of amides is 1. The van der Waals surface area contributed by atoms with Gasteiger partial charge in [0.05, 0.1) is 25.4 Å². The molecule has 1 aliphatic rings. The first-order valence-electron chi connectivity index (χ1n) is 8.00. The van der Waals surface area contributed by atoms with Crippen molar-refractivity contribution in [3.63, 3.8) is 0 Å². The molecule has 24 heavy (non-hydrogen) atoms. The van der Waals surface area contributed by atoms with Gasteiger partial charge in [-0.15, -0.1) is 12.4 Å². The maximum atomic E-state index is 12.2. The standard InChI is InChI=1S/C17H26N2O4.ClH/c1-19(17(21)16-8-7-15(9-18)23-16)10-14(20)12-22-11-13-5-3-2-4-6-13;/h2-6,14-16,20H,7-12,18H2,1H3;1H/t14?,15-,16+;/m1./s1. The zero-order valence-corrected chi connectivity index (χ0v) is 14.8. The van der Waals surface area contributed by atoms with Gasteiger partial charge < -0.3 is 25.2 Å². The quantitative estimate of drug-likeness (QED) is 0.722. The Hall–Kier alpha value is -1.18. The third-order valence-electron chi connectivity index (χ3n) is 3.93. The Morgan fingerprint density at radius 1 is 1.42 bits per heavy atom. The minimum atomic E-state index is -0.723. The van der Waals surface area contributed by atoms with Crippen molar-refractivity contribution >= 4 is 18.3 Å². The third kappa shape index (κ3) is 6.37. The fraction of sp³-hybridized carbons (Fsp3) is 0.588. The number of likely N-dealkylation sites (N-methyl/N-ethyl adjacent to an activating group) is 1. The third-order valence-corrected chi connectivity index (χ3v) is 3.93. The molecule has 0 spiro atoms. The van der Waals surface area contributed by atoms with Gasteiger partial charge in [0.15, 0.2) is 0 Å². The largest absolute Gasteiger partial charge is 0.389 e. The van der Waals surface area contributed by atoms with E-state index in [1.165, 1.54) is 4.90 Å². The van der Waals surface area contributed by atoms with E-state index in [2.05, 4.69) is 0 Å². The molecule has 136 valence electrons. The Balaban J connectivity index is 0.00000288. The number of carbonyl (C=O) groups excluding carboxylic acids is 1. The van der Waals surface area contributed by atoms with Gasteiger partial charge >= 0.3 is 0 Å². The van der Waals surface area contributed by atoms with E-state index in [-0.39, 0.29) is 37.6 Å². The predicted molar refractivity (Wildman–Crippen MR) is 93.9 cm³/mol. The van der Waals surface area contributed by atoms with Crippen molar-refractivity contribution in [1.29, 1.82) is 0 Å². The molecule has 1 aromatic rings. The zero-order chi connectivity index (χ0) is 16.7. The highest BCUT2D eigenvalue weighted by Gasteiger charge is 2.32. The van der Waals surface area contributed by atoms with Crippen LogP contribution in [0.4, 0.5) is 0 Å². The molecule has 0 bridgehead atoms. The first-order chi connectivity index (χ1) is 11.1. The molecule has 0 saturated carbocycles. The molecule has 6 nitrogen and oxygen atoms in total. The van der Waals surface area contributed by atoms with Crippen LogP contribution >= 0.6 is 12.4 Å². The second-order valence-corrected chi connectivity index (χ2v) is 5.93. The van der Waals surface area contributed by atoms with Gasteiger partial charge in [-0.1, -0.05) is 30.3 Å². The molecule has 2 rings (SSSR count). The molecular formula is C17H27ClN2O4. The van der Waals surface area contributed by atoms with E-state index in [0.29, 0.717) is 19.6 Å². The van der Waals surface area contributed by atoms with Gasteiger partial charge in [0.1, 0.15) is 6.10 Å². The molecule has 1 saturated heterocycles. The summed E-state index contributed by atoms with van der Waals surface area (Å²) in [5, 5.41) is 10.0. The molecule has 3 N–H and O–H groups in total. The average Bonchev–Trinajstić information content (AvgIpc) is 3.04. The molecule has 0 aromatic heterocycles. The Morgan fingerprint density at radius 2 is 2.12 bits per heavy atom. The normalized spacial score (nSPS) is 21.1. The lowest BCUT2D eigenvalue weighted by molar-refractivity contribution is -0.143. The topological polar surface area (TPSA) is 85.0 Å². The number of hydrogen-bond donors (Lipinski definition) is 2. The van der Waals surface area contributed by atoms with E-state index in [1.807, 2.05) is 30.3 Å². The van der Waals surface area contributed by atoms with Crippen molar-refractivity contribution in [1.82, 2.24) is 4.90 Å². The van der Waals surface area contributed by atoms with Crippen LogP contribution in [0.3, 0.4) is 0 Å². The highest BCUT2D eigenvalue weighted by atomic mass is 35.5. The maximum absolute atomic E-state index is 12.2. The summed E-state index contributed by atoms with van der Waals surface area (Å²) in [6, 6.07) is 9.76. The number of nitrogens with zero attached hydrogens (tertiary/aromatic N) is 1. The summed E-state index contributed by atoms with van der Waals surface area (Å²) in [5.41, 5.74) is 6.60. The number of benzene rings is 1. The first kappa shape index (κ1) is 20.9. The SMILES string of the molecule is CN(CC(O)COCc1ccccc1)C(=O)[C@@H]1CC[C@H](CN)O1.Cl. The lowest BCUT2D eigenvalue weighted by Gasteiger charge is -2.23. The molecule has 1 fully saturated rings. The van der Waals surface area contributed by atoms with Crippen LogP contribution in [-0.2, 0) is 20.9 Å². The molecule has 1 aromatic carbocycles. The second-order valence-electron chi connectivity index (χ2n) is 5.93. The van der Waals surface area contributed by atoms with Crippen LogP contribution in [0.1, 0.15) is 18.4 Å². The van der Waals surface area contributed by atoms with Crippen LogP contribution < -0.4 is 5.73 Å². The van der Waals surface area contributed by atoms with Crippen molar-refractivity contribution in [3.05, 3.63) is 35.9 Å². The number of nitrogens with two attached hydrogens (primary N) is 1. The van der Waals surface area contributed by atoms with Crippen molar-refractivity contribution in [2.75, 3.05) is 26.7 Å².